The molecule has 0 atom stereocenters. The minimum Gasteiger partial charge on any atom is -0.504 e. The summed E-state index contributed by atoms with van der Waals surface area (Å²) >= 11 is 0. The Bertz CT molecular complexity index is 1010. The van der Waals surface area contributed by atoms with Crippen LogP contribution < -0.4 is 24.4 Å². The third-order valence-corrected chi connectivity index (χ3v) is 3.99. The van der Waals surface area contributed by atoms with Crippen LogP contribution in [-0.2, 0) is 0 Å². The van der Waals surface area contributed by atoms with Crippen molar-refractivity contribution in [3.63, 3.8) is 0 Å². The van der Waals surface area contributed by atoms with Gasteiger partial charge in [0, 0.05) is 5.56 Å². The highest BCUT2D eigenvalue weighted by Gasteiger charge is 2.29. The van der Waals surface area contributed by atoms with Gasteiger partial charge in [-0.15, -0.1) is 0 Å². The molecule has 0 saturated carbocycles. The smallest absolute Gasteiger partial charge is 0.239 e. The molecule has 0 unspecified atom stereocenters. The van der Waals surface area contributed by atoms with E-state index in [1.807, 2.05) is 18.2 Å². The third kappa shape index (κ3) is 2.48. The molecular formula is C19H18O7. The van der Waals surface area contributed by atoms with Gasteiger partial charge in [0.15, 0.2) is 17.1 Å². The van der Waals surface area contributed by atoms with Crippen LogP contribution in [-0.4, -0.2) is 33.5 Å². The van der Waals surface area contributed by atoms with Crippen molar-refractivity contribution in [1.29, 1.82) is 0 Å². The summed E-state index contributed by atoms with van der Waals surface area (Å²) in [6.07, 6.45) is 0. The van der Waals surface area contributed by atoms with Crippen LogP contribution >= 0.6 is 0 Å². The monoisotopic (exact) mass is 358 g/mol. The summed E-state index contributed by atoms with van der Waals surface area (Å²) in [6.45, 7) is 0. The molecule has 3 rings (SSSR count). The van der Waals surface area contributed by atoms with Gasteiger partial charge in [-0.3, -0.25) is 4.79 Å². The summed E-state index contributed by atoms with van der Waals surface area (Å²) in [5.41, 5.74) is 0.122. The van der Waals surface area contributed by atoms with E-state index in [9.17, 15) is 9.90 Å². The molecule has 3 aromatic rings. The molecule has 7 nitrogen and oxygen atoms in total. The van der Waals surface area contributed by atoms with E-state index in [2.05, 4.69) is 0 Å². The minimum atomic E-state index is -0.552. The van der Waals surface area contributed by atoms with Crippen molar-refractivity contribution in [2.45, 2.75) is 0 Å². The number of fused-ring (bicyclic) bond motifs is 1. The number of benzene rings is 2. The van der Waals surface area contributed by atoms with Crippen LogP contribution in [0.15, 0.2) is 39.5 Å². The fraction of sp³-hybridized carbons (Fsp3) is 0.211. The van der Waals surface area contributed by atoms with E-state index in [4.69, 9.17) is 23.4 Å². The molecule has 0 spiro atoms. The van der Waals surface area contributed by atoms with Crippen LogP contribution in [0.2, 0.25) is 0 Å². The summed E-state index contributed by atoms with van der Waals surface area (Å²) in [5, 5.41) is 10.5. The molecule has 0 saturated heterocycles. The number of hydrogen-bond donors (Lipinski definition) is 1. The maximum Gasteiger partial charge on any atom is 0.239 e. The van der Waals surface area contributed by atoms with E-state index in [1.54, 1.807) is 12.1 Å². The van der Waals surface area contributed by atoms with Crippen molar-refractivity contribution < 1.29 is 28.5 Å². The molecule has 0 bridgehead atoms. The second-order valence-electron chi connectivity index (χ2n) is 5.31. The van der Waals surface area contributed by atoms with E-state index in [1.165, 1.54) is 28.4 Å². The van der Waals surface area contributed by atoms with Gasteiger partial charge in [0.2, 0.25) is 28.4 Å². The largest absolute Gasteiger partial charge is 0.504 e. The summed E-state index contributed by atoms with van der Waals surface area (Å²) in [5.74, 6) is -0.00400. The Balaban J connectivity index is 2.54. The molecule has 0 aliphatic rings. The van der Waals surface area contributed by atoms with Crippen LogP contribution in [0.4, 0.5) is 0 Å². The predicted molar refractivity (Wildman–Crippen MR) is 95.8 cm³/mol. The Morgan fingerprint density at radius 2 is 1.38 bits per heavy atom. The molecule has 1 N–H and O–H groups in total. The molecule has 136 valence electrons. The Kier molecular flexibility index (Phi) is 4.62. The van der Waals surface area contributed by atoms with Crippen molar-refractivity contribution in [1.82, 2.24) is 0 Å². The minimum absolute atomic E-state index is 0.0290. The van der Waals surface area contributed by atoms with Gasteiger partial charge in [0.25, 0.3) is 0 Å². The van der Waals surface area contributed by atoms with Crippen molar-refractivity contribution in [3.8, 4) is 40.1 Å². The fourth-order valence-electron chi connectivity index (χ4n) is 2.85. The van der Waals surface area contributed by atoms with Crippen molar-refractivity contribution >= 4 is 11.0 Å². The first kappa shape index (κ1) is 17.5. The lowest BCUT2D eigenvalue weighted by Crippen LogP contribution is -2.09. The molecule has 0 aliphatic carbocycles. The van der Waals surface area contributed by atoms with Gasteiger partial charge in [-0.05, 0) is 0 Å². The molecule has 2 aromatic carbocycles. The first-order valence-corrected chi connectivity index (χ1v) is 7.70. The number of hydrogen-bond acceptors (Lipinski definition) is 7. The van der Waals surface area contributed by atoms with Crippen LogP contribution in [0.3, 0.4) is 0 Å². The molecular weight excluding hydrogens is 340 g/mol. The standard InChI is InChI=1S/C19H18O7/c1-22-16-12(20)11-13(21)17(23-2)19(25-4)18(24-3)15(11)26-14(16)10-8-6-5-7-9-10/h5-9,21H,1-4H3. The van der Waals surface area contributed by atoms with Crippen LogP contribution in [0.5, 0.6) is 28.7 Å². The van der Waals surface area contributed by atoms with Gasteiger partial charge in [-0.25, -0.2) is 0 Å². The summed E-state index contributed by atoms with van der Waals surface area (Å²) < 4.78 is 27.1. The zero-order valence-corrected chi connectivity index (χ0v) is 14.8. The number of ether oxygens (including phenoxy) is 4. The molecule has 0 radical (unpaired) electrons. The molecule has 1 heterocycles. The first-order valence-electron chi connectivity index (χ1n) is 7.70. The van der Waals surface area contributed by atoms with Gasteiger partial charge in [0.1, 0.15) is 5.39 Å². The lowest BCUT2D eigenvalue weighted by molar-refractivity contribution is 0.310. The highest BCUT2D eigenvalue weighted by molar-refractivity contribution is 5.96. The van der Waals surface area contributed by atoms with E-state index < -0.39 is 11.2 Å². The van der Waals surface area contributed by atoms with Crippen molar-refractivity contribution in [3.05, 3.63) is 40.6 Å². The quantitative estimate of drug-likeness (QED) is 0.749. The molecule has 0 aliphatic heterocycles. The third-order valence-electron chi connectivity index (χ3n) is 3.99. The van der Waals surface area contributed by atoms with Gasteiger partial charge >= 0.3 is 0 Å². The van der Waals surface area contributed by atoms with Crippen molar-refractivity contribution in [2.24, 2.45) is 0 Å². The highest BCUT2D eigenvalue weighted by Crippen LogP contribution is 2.50. The van der Waals surface area contributed by atoms with Crippen molar-refractivity contribution in [2.75, 3.05) is 28.4 Å². The number of phenols is 1. The van der Waals surface area contributed by atoms with Gasteiger partial charge < -0.3 is 28.5 Å². The number of rotatable bonds is 5. The average Bonchev–Trinajstić information content (AvgIpc) is 2.67. The lowest BCUT2D eigenvalue weighted by Gasteiger charge is -2.17. The van der Waals surface area contributed by atoms with Gasteiger partial charge in [0.05, 0.1) is 28.4 Å². The first-order chi connectivity index (χ1) is 12.6. The zero-order valence-electron chi connectivity index (χ0n) is 14.8. The van der Waals surface area contributed by atoms with E-state index >= 15 is 0 Å². The number of phenolic OH excluding ortho intramolecular Hbond substituents is 1. The Hall–Kier alpha value is -3.35. The highest BCUT2D eigenvalue weighted by atomic mass is 16.5. The Labute approximate surface area is 149 Å². The van der Waals surface area contributed by atoms with Gasteiger partial charge in [-0.2, -0.15) is 0 Å². The number of aromatic hydroxyl groups is 1. The maximum absolute atomic E-state index is 13.0. The van der Waals surface area contributed by atoms with Crippen LogP contribution in [0.25, 0.3) is 22.3 Å². The van der Waals surface area contributed by atoms with Crippen LogP contribution in [0, 0.1) is 0 Å². The lowest BCUT2D eigenvalue weighted by atomic mass is 10.1. The van der Waals surface area contributed by atoms with E-state index in [-0.39, 0.29) is 39.7 Å². The molecule has 1 aromatic heterocycles. The average molecular weight is 358 g/mol. The molecule has 26 heavy (non-hydrogen) atoms. The second-order valence-corrected chi connectivity index (χ2v) is 5.31. The van der Waals surface area contributed by atoms with E-state index in [0.29, 0.717) is 5.56 Å². The number of methoxy groups -OCH3 is 4. The topological polar surface area (TPSA) is 87.4 Å². The summed E-state index contributed by atoms with van der Waals surface area (Å²) in [6, 6.07) is 9.01. The van der Waals surface area contributed by atoms with Gasteiger partial charge in [-0.1, -0.05) is 30.3 Å². The molecule has 7 heteroatoms. The Morgan fingerprint density at radius 3 is 1.92 bits per heavy atom. The fourth-order valence-corrected chi connectivity index (χ4v) is 2.85. The maximum atomic E-state index is 13.0. The predicted octanol–water partition coefficient (Wildman–Crippen LogP) is 3.20. The second kappa shape index (κ2) is 6.87. The summed E-state index contributed by atoms with van der Waals surface area (Å²) in [4.78, 5) is 13.0. The summed E-state index contributed by atoms with van der Waals surface area (Å²) in [7, 11) is 5.51. The SMILES string of the molecule is COc1c(OC)c(O)c2c(=O)c(OC)c(-c3ccccc3)oc2c1OC. The molecule has 0 fully saturated rings. The molecule has 0 amide bonds. The zero-order chi connectivity index (χ0) is 18.8. The van der Waals surface area contributed by atoms with Crippen LogP contribution in [0.1, 0.15) is 0 Å². The normalized spacial score (nSPS) is 10.6. The Morgan fingerprint density at radius 1 is 0.808 bits per heavy atom. The van der Waals surface area contributed by atoms with E-state index in [0.717, 1.165) is 0 Å².